The van der Waals surface area contributed by atoms with E-state index < -0.39 is 0 Å². The average molecular weight is 552 g/mol. The molecule has 0 fully saturated rings. The number of hydrogen-bond donors (Lipinski definition) is 0. The van der Waals surface area contributed by atoms with Gasteiger partial charge in [0, 0.05) is 39.8 Å². The summed E-state index contributed by atoms with van der Waals surface area (Å²) < 4.78 is 0. The van der Waals surface area contributed by atoms with Gasteiger partial charge in [-0.25, -0.2) is 24.9 Å². The molecule has 0 saturated heterocycles. The molecule has 0 bridgehead atoms. The Morgan fingerprint density at radius 2 is 0.907 bits per heavy atom. The van der Waals surface area contributed by atoms with Crippen LogP contribution in [0.2, 0.25) is 0 Å². The van der Waals surface area contributed by atoms with Gasteiger partial charge in [0.2, 0.25) is 0 Å². The third kappa shape index (κ3) is 4.67. The maximum atomic E-state index is 5.02. The SMILES string of the molecule is c1ccc(-c2cccc(-c3nc(-c4ccccc4)nc(-c4cccc(-c5ncnc6c5Cc5ccccc5-6)c4)n3)c2)cc1. The minimum Gasteiger partial charge on any atom is -0.236 e. The molecule has 5 nitrogen and oxygen atoms in total. The van der Waals surface area contributed by atoms with Gasteiger partial charge in [0.15, 0.2) is 17.5 Å². The second-order valence-electron chi connectivity index (χ2n) is 10.6. The van der Waals surface area contributed by atoms with Crippen molar-refractivity contribution in [3.8, 4) is 67.8 Å². The highest BCUT2D eigenvalue weighted by atomic mass is 15.0. The summed E-state index contributed by atoms with van der Waals surface area (Å²) in [5.74, 6) is 1.88. The van der Waals surface area contributed by atoms with Gasteiger partial charge < -0.3 is 0 Å². The van der Waals surface area contributed by atoms with Gasteiger partial charge in [-0.2, -0.15) is 0 Å². The Bertz CT molecular complexity index is 2110. The molecule has 8 rings (SSSR count). The Labute approximate surface area is 249 Å². The van der Waals surface area contributed by atoms with E-state index in [1.807, 2.05) is 48.5 Å². The van der Waals surface area contributed by atoms with Crippen LogP contribution in [0, 0.1) is 0 Å². The Balaban J connectivity index is 1.25. The van der Waals surface area contributed by atoms with Crippen LogP contribution in [-0.2, 0) is 6.42 Å². The molecule has 0 N–H and O–H groups in total. The minimum absolute atomic E-state index is 0.616. The van der Waals surface area contributed by atoms with Gasteiger partial charge in [0.05, 0.1) is 11.4 Å². The predicted octanol–water partition coefficient (Wildman–Crippen LogP) is 8.57. The highest BCUT2D eigenvalue weighted by Gasteiger charge is 2.24. The van der Waals surface area contributed by atoms with Crippen LogP contribution in [0.3, 0.4) is 0 Å². The van der Waals surface area contributed by atoms with Gasteiger partial charge in [-0.05, 0) is 28.8 Å². The molecule has 43 heavy (non-hydrogen) atoms. The van der Waals surface area contributed by atoms with E-state index in [0.717, 1.165) is 56.8 Å². The lowest BCUT2D eigenvalue weighted by Crippen LogP contribution is -2.01. The fraction of sp³-hybridized carbons (Fsp3) is 0.0263. The molecule has 2 heterocycles. The van der Waals surface area contributed by atoms with E-state index in [2.05, 4.69) is 89.9 Å². The Hall–Kier alpha value is -5.81. The maximum absolute atomic E-state index is 5.02. The van der Waals surface area contributed by atoms with Gasteiger partial charge >= 0.3 is 0 Å². The Morgan fingerprint density at radius 1 is 0.395 bits per heavy atom. The zero-order valence-electron chi connectivity index (χ0n) is 23.2. The molecule has 0 radical (unpaired) electrons. The van der Waals surface area contributed by atoms with Crippen molar-refractivity contribution < 1.29 is 0 Å². The monoisotopic (exact) mass is 551 g/mol. The van der Waals surface area contributed by atoms with Gasteiger partial charge in [-0.3, -0.25) is 0 Å². The lowest BCUT2D eigenvalue weighted by Gasteiger charge is -2.11. The molecule has 0 amide bonds. The minimum atomic E-state index is 0.616. The normalized spacial score (nSPS) is 11.6. The Kier molecular flexibility index (Phi) is 6.12. The molecular weight excluding hydrogens is 526 g/mol. The van der Waals surface area contributed by atoms with Gasteiger partial charge in [-0.15, -0.1) is 0 Å². The number of aromatic nitrogens is 5. The first-order valence-electron chi connectivity index (χ1n) is 14.3. The molecule has 2 aromatic heterocycles. The number of rotatable bonds is 5. The molecular formula is C38H25N5. The van der Waals surface area contributed by atoms with Crippen molar-refractivity contribution in [2.24, 2.45) is 0 Å². The van der Waals surface area contributed by atoms with Crippen molar-refractivity contribution in [3.63, 3.8) is 0 Å². The molecule has 202 valence electrons. The summed E-state index contributed by atoms with van der Waals surface area (Å²) in [4.78, 5) is 24.3. The largest absolute Gasteiger partial charge is 0.236 e. The quantitative estimate of drug-likeness (QED) is 0.214. The van der Waals surface area contributed by atoms with Crippen LogP contribution >= 0.6 is 0 Å². The number of fused-ring (bicyclic) bond motifs is 3. The summed E-state index contributed by atoms with van der Waals surface area (Å²) in [6, 6.07) is 45.5. The van der Waals surface area contributed by atoms with Crippen molar-refractivity contribution >= 4 is 0 Å². The lowest BCUT2D eigenvalue weighted by molar-refractivity contribution is 1.07. The highest BCUT2D eigenvalue weighted by molar-refractivity contribution is 5.82. The lowest BCUT2D eigenvalue weighted by atomic mass is 10.0. The molecule has 1 aliphatic carbocycles. The topological polar surface area (TPSA) is 64.5 Å². The van der Waals surface area contributed by atoms with Crippen LogP contribution in [0.5, 0.6) is 0 Å². The molecule has 5 heteroatoms. The first-order chi connectivity index (χ1) is 21.3. The van der Waals surface area contributed by atoms with E-state index in [-0.39, 0.29) is 0 Å². The molecule has 0 unspecified atom stereocenters. The summed E-state index contributed by atoms with van der Waals surface area (Å²) in [5, 5.41) is 0. The van der Waals surface area contributed by atoms with Crippen molar-refractivity contribution in [2.45, 2.75) is 6.42 Å². The molecule has 5 aromatic carbocycles. The standard InChI is InChI=1S/C38H25N5/c1-3-11-25(12-4-1)27-16-9-18-30(21-27)37-41-36(26-13-5-2-6-14-26)42-38(43-37)31-19-10-17-29(22-31)34-33-23-28-15-7-8-20-32(28)35(33)40-24-39-34/h1-22,24H,23H2. The first kappa shape index (κ1) is 24.9. The third-order valence-corrected chi connectivity index (χ3v) is 7.87. The van der Waals surface area contributed by atoms with Crippen LogP contribution in [0.1, 0.15) is 11.1 Å². The number of benzene rings is 5. The fourth-order valence-electron chi connectivity index (χ4n) is 5.78. The summed E-state index contributed by atoms with van der Waals surface area (Å²) >= 11 is 0. The van der Waals surface area contributed by atoms with Crippen LogP contribution in [0.25, 0.3) is 67.8 Å². The van der Waals surface area contributed by atoms with Crippen molar-refractivity contribution in [1.82, 2.24) is 24.9 Å². The smallest absolute Gasteiger partial charge is 0.164 e. The van der Waals surface area contributed by atoms with Crippen molar-refractivity contribution in [1.29, 1.82) is 0 Å². The van der Waals surface area contributed by atoms with E-state index in [1.165, 1.54) is 11.1 Å². The molecule has 0 spiro atoms. The van der Waals surface area contributed by atoms with E-state index in [4.69, 9.17) is 19.9 Å². The average Bonchev–Trinajstić information content (AvgIpc) is 3.48. The number of hydrogen-bond acceptors (Lipinski definition) is 5. The van der Waals surface area contributed by atoms with Gasteiger partial charge in [0.1, 0.15) is 6.33 Å². The maximum Gasteiger partial charge on any atom is 0.164 e. The third-order valence-electron chi connectivity index (χ3n) is 7.87. The van der Waals surface area contributed by atoms with Crippen LogP contribution in [0.4, 0.5) is 0 Å². The molecule has 1 aliphatic rings. The van der Waals surface area contributed by atoms with Gasteiger partial charge in [0.25, 0.3) is 0 Å². The molecule has 0 atom stereocenters. The zero-order chi connectivity index (χ0) is 28.6. The highest BCUT2D eigenvalue weighted by Crippen LogP contribution is 2.39. The van der Waals surface area contributed by atoms with Crippen molar-refractivity contribution in [2.75, 3.05) is 0 Å². The van der Waals surface area contributed by atoms with Crippen LogP contribution < -0.4 is 0 Å². The summed E-state index contributed by atoms with van der Waals surface area (Å²) in [5.41, 5.74) is 11.6. The Morgan fingerprint density at radius 3 is 1.63 bits per heavy atom. The first-order valence-corrected chi connectivity index (χ1v) is 14.3. The predicted molar refractivity (Wildman–Crippen MR) is 171 cm³/mol. The van der Waals surface area contributed by atoms with Crippen molar-refractivity contribution in [3.05, 3.63) is 151 Å². The van der Waals surface area contributed by atoms with E-state index in [0.29, 0.717) is 17.5 Å². The fourth-order valence-corrected chi connectivity index (χ4v) is 5.78. The van der Waals surface area contributed by atoms with E-state index >= 15 is 0 Å². The second kappa shape index (κ2) is 10.5. The van der Waals surface area contributed by atoms with E-state index in [1.54, 1.807) is 6.33 Å². The van der Waals surface area contributed by atoms with Gasteiger partial charge in [-0.1, -0.05) is 121 Å². The van der Waals surface area contributed by atoms with Crippen LogP contribution in [0.15, 0.2) is 140 Å². The van der Waals surface area contributed by atoms with Crippen LogP contribution in [-0.4, -0.2) is 24.9 Å². The molecule has 0 aliphatic heterocycles. The number of nitrogens with zero attached hydrogens (tertiary/aromatic N) is 5. The molecule has 0 saturated carbocycles. The summed E-state index contributed by atoms with van der Waals surface area (Å²) in [6.45, 7) is 0. The summed E-state index contributed by atoms with van der Waals surface area (Å²) in [6.07, 6.45) is 2.48. The van der Waals surface area contributed by atoms with E-state index in [9.17, 15) is 0 Å². The molecule has 7 aromatic rings. The summed E-state index contributed by atoms with van der Waals surface area (Å²) in [7, 11) is 0. The zero-order valence-corrected chi connectivity index (χ0v) is 23.2. The second-order valence-corrected chi connectivity index (χ2v) is 10.6.